The Kier molecular flexibility index (Phi) is 10.2. The minimum absolute atomic E-state index is 0.204. The third-order valence-corrected chi connectivity index (χ3v) is 3.58. The van der Waals surface area contributed by atoms with Crippen LogP contribution in [0.2, 0.25) is 0 Å². The van der Waals surface area contributed by atoms with Gasteiger partial charge in [-0.25, -0.2) is 9.59 Å². The molecule has 0 aromatic rings. The number of hydrogen-bond acceptors (Lipinski definition) is 5. The molecule has 0 aromatic heterocycles. The maximum atomic E-state index is 12.0. The van der Waals surface area contributed by atoms with E-state index in [2.05, 4.69) is 20.4 Å². The van der Waals surface area contributed by atoms with Crippen molar-refractivity contribution in [2.75, 3.05) is 0 Å². The maximum absolute atomic E-state index is 12.0. The number of aliphatic hydroxyl groups excluding tert-OH is 1. The lowest BCUT2D eigenvalue weighted by Gasteiger charge is -2.19. The molecule has 0 spiro atoms. The molecule has 0 fully saturated rings. The van der Waals surface area contributed by atoms with E-state index in [9.17, 15) is 14.7 Å². The van der Waals surface area contributed by atoms with Crippen LogP contribution in [0.1, 0.15) is 66.7 Å². The van der Waals surface area contributed by atoms with Crippen molar-refractivity contribution in [3.05, 3.63) is 23.5 Å². The van der Waals surface area contributed by atoms with E-state index in [-0.39, 0.29) is 11.1 Å². The van der Waals surface area contributed by atoms with Crippen molar-refractivity contribution in [1.82, 2.24) is 0 Å². The molecule has 0 bridgehead atoms. The van der Waals surface area contributed by atoms with Gasteiger partial charge in [0.25, 0.3) is 0 Å². The van der Waals surface area contributed by atoms with E-state index in [0.29, 0.717) is 18.1 Å². The number of carbonyl (C=O) groups is 2. The topological polar surface area (TPSA) is 72.8 Å². The predicted molar refractivity (Wildman–Crippen MR) is 89.3 cm³/mol. The molecule has 5 nitrogen and oxygen atoms in total. The second-order valence-corrected chi connectivity index (χ2v) is 5.84. The first-order valence-electron chi connectivity index (χ1n) is 8.19. The van der Waals surface area contributed by atoms with E-state index in [1.54, 1.807) is 6.92 Å². The van der Waals surface area contributed by atoms with E-state index in [1.165, 1.54) is 13.8 Å². The van der Waals surface area contributed by atoms with Gasteiger partial charge in [0, 0.05) is 12.0 Å². The second kappa shape index (κ2) is 11.0. The molecule has 0 saturated carbocycles. The van der Waals surface area contributed by atoms with E-state index >= 15 is 0 Å². The van der Waals surface area contributed by atoms with E-state index < -0.39 is 18.2 Å². The Bertz CT molecular complexity index is 448. The molecule has 2 atom stereocenters. The first-order chi connectivity index (χ1) is 10.7. The van der Waals surface area contributed by atoms with Crippen molar-refractivity contribution in [2.24, 2.45) is 5.92 Å². The van der Waals surface area contributed by atoms with E-state index in [4.69, 9.17) is 9.47 Å². The average Bonchev–Trinajstić information content (AvgIpc) is 2.48. The number of unbranched alkanes of at least 4 members (excludes halogenated alkanes) is 1. The molecule has 0 heterocycles. The molecule has 0 aliphatic heterocycles. The van der Waals surface area contributed by atoms with Gasteiger partial charge in [-0.05, 0) is 26.7 Å². The van der Waals surface area contributed by atoms with Gasteiger partial charge in [0.2, 0.25) is 0 Å². The zero-order valence-corrected chi connectivity index (χ0v) is 15.0. The zero-order chi connectivity index (χ0) is 18.0. The van der Waals surface area contributed by atoms with Crippen LogP contribution in [0.25, 0.3) is 0 Å². The summed E-state index contributed by atoms with van der Waals surface area (Å²) >= 11 is 0. The van der Waals surface area contributed by atoms with Crippen molar-refractivity contribution in [3.63, 3.8) is 0 Å². The highest BCUT2D eigenvalue weighted by molar-refractivity contribution is 5.91. The first kappa shape index (κ1) is 21.4. The van der Waals surface area contributed by atoms with Crippen LogP contribution >= 0.6 is 0 Å². The first-order valence-corrected chi connectivity index (χ1v) is 8.19. The Labute approximate surface area is 139 Å². The predicted octanol–water partition coefficient (Wildman–Crippen LogP) is 3.87. The van der Waals surface area contributed by atoms with Gasteiger partial charge in [-0.15, -0.1) is 0 Å². The lowest BCUT2D eigenvalue weighted by atomic mass is 9.93. The quantitative estimate of drug-likeness (QED) is 0.285. The fourth-order valence-corrected chi connectivity index (χ4v) is 2.03. The van der Waals surface area contributed by atoms with Crippen molar-refractivity contribution in [3.8, 4) is 0 Å². The number of rotatable bonds is 10. The fourth-order valence-electron chi connectivity index (χ4n) is 2.03. The molecule has 132 valence electrons. The van der Waals surface area contributed by atoms with E-state index in [0.717, 1.165) is 25.7 Å². The van der Waals surface area contributed by atoms with E-state index in [1.807, 2.05) is 0 Å². The highest BCUT2D eigenvalue weighted by Gasteiger charge is 2.21. The monoisotopic (exact) mass is 326 g/mol. The highest BCUT2D eigenvalue weighted by atomic mass is 16.6. The van der Waals surface area contributed by atoms with Crippen LogP contribution in [0.15, 0.2) is 23.5 Å². The molecule has 0 radical (unpaired) electrons. The fraction of sp³-hybridized carbons (Fsp3) is 0.667. The Balaban J connectivity index is 5.31. The minimum atomic E-state index is -1.21. The highest BCUT2D eigenvalue weighted by Crippen LogP contribution is 2.25. The summed E-state index contributed by atoms with van der Waals surface area (Å²) < 4.78 is 10.1. The summed E-state index contributed by atoms with van der Waals surface area (Å²) in [6, 6.07) is 0. The minimum Gasteiger partial charge on any atom is -0.433 e. The van der Waals surface area contributed by atoms with Gasteiger partial charge in [-0.1, -0.05) is 46.1 Å². The number of ether oxygens (including phenoxy) is 2. The molecule has 0 aromatic carbocycles. The normalized spacial score (nSPS) is 14.5. The van der Waals surface area contributed by atoms with Gasteiger partial charge in [-0.3, -0.25) is 0 Å². The van der Waals surface area contributed by atoms with Crippen LogP contribution in [0.3, 0.4) is 0 Å². The molecule has 0 aliphatic carbocycles. The summed E-state index contributed by atoms with van der Waals surface area (Å²) in [6.45, 7) is 12.2. The molecule has 0 rings (SSSR count). The molecular formula is C18H30O5. The summed E-state index contributed by atoms with van der Waals surface area (Å²) in [5, 5.41) is 9.18. The lowest BCUT2D eigenvalue weighted by molar-refractivity contribution is -0.160. The van der Waals surface area contributed by atoms with Gasteiger partial charge in [0.05, 0.1) is 5.57 Å². The van der Waals surface area contributed by atoms with Crippen LogP contribution in [-0.2, 0) is 19.1 Å². The van der Waals surface area contributed by atoms with Crippen LogP contribution < -0.4 is 0 Å². The number of carbonyl (C=O) groups excluding carboxylic acids is 2. The Morgan fingerprint density at radius 1 is 1.17 bits per heavy atom. The Morgan fingerprint density at radius 3 is 2.22 bits per heavy atom. The smallest absolute Gasteiger partial charge is 0.339 e. The standard InChI is InChI=1S/C18H30O5/c1-7-9-10-15(8-2)11-16(23-17(20)12(3)4)13(5)18(21)22-14(6)19/h14-15,19H,3,7-11H2,1-2,4-6H3/b16-13+. The van der Waals surface area contributed by atoms with Crippen molar-refractivity contribution >= 4 is 11.9 Å². The van der Waals surface area contributed by atoms with Crippen LogP contribution in [0, 0.1) is 5.92 Å². The number of esters is 2. The molecule has 0 saturated heterocycles. The van der Waals surface area contributed by atoms with Crippen LogP contribution in [0.4, 0.5) is 0 Å². The van der Waals surface area contributed by atoms with Crippen LogP contribution in [-0.4, -0.2) is 23.3 Å². The largest absolute Gasteiger partial charge is 0.433 e. The van der Waals surface area contributed by atoms with Gasteiger partial charge in [-0.2, -0.15) is 0 Å². The average molecular weight is 326 g/mol. The summed E-state index contributed by atoms with van der Waals surface area (Å²) in [7, 11) is 0. The van der Waals surface area contributed by atoms with Crippen molar-refractivity contribution in [1.29, 1.82) is 0 Å². The SMILES string of the molecule is C=C(C)C(=O)O/C(CC(CC)CCCC)=C(\C)C(=O)OC(C)O. The summed E-state index contributed by atoms with van der Waals surface area (Å²) in [6.07, 6.45) is 3.36. The Morgan fingerprint density at radius 2 is 1.78 bits per heavy atom. The molecular weight excluding hydrogens is 296 g/mol. The molecule has 0 amide bonds. The zero-order valence-electron chi connectivity index (χ0n) is 15.0. The lowest BCUT2D eigenvalue weighted by Crippen LogP contribution is -2.18. The third kappa shape index (κ3) is 8.55. The molecule has 2 unspecified atom stereocenters. The number of allylic oxidation sites excluding steroid dienone is 1. The third-order valence-electron chi connectivity index (χ3n) is 3.58. The van der Waals surface area contributed by atoms with Crippen molar-refractivity contribution < 1.29 is 24.2 Å². The number of hydrogen-bond donors (Lipinski definition) is 1. The number of aliphatic hydroxyl groups is 1. The molecule has 23 heavy (non-hydrogen) atoms. The second-order valence-electron chi connectivity index (χ2n) is 5.84. The van der Waals surface area contributed by atoms with Gasteiger partial charge in [0.15, 0.2) is 6.29 Å². The van der Waals surface area contributed by atoms with Crippen LogP contribution in [0.5, 0.6) is 0 Å². The van der Waals surface area contributed by atoms with Gasteiger partial charge < -0.3 is 14.6 Å². The molecule has 0 aliphatic rings. The summed E-state index contributed by atoms with van der Waals surface area (Å²) in [5.41, 5.74) is 0.469. The van der Waals surface area contributed by atoms with Gasteiger partial charge in [0.1, 0.15) is 5.76 Å². The molecule has 5 heteroatoms. The molecule has 1 N–H and O–H groups in total. The summed E-state index contributed by atoms with van der Waals surface area (Å²) in [4.78, 5) is 23.8. The Hall–Kier alpha value is -1.62. The van der Waals surface area contributed by atoms with Crippen molar-refractivity contribution in [2.45, 2.75) is 73.0 Å². The maximum Gasteiger partial charge on any atom is 0.339 e. The van der Waals surface area contributed by atoms with Gasteiger partial charge >= 0.3 is 11.9 Å². The summed E-state index contributed by atoms with van der Waals surface area (Å²) in [5.74, 6) is -0.631.